The largest absolute Gasteiger partial charge is 0.368 e. The van der Waals surface area contributed by atoms with E-state index in [1.807, 2.05) is 41.3 Å². The summed E-state index contributed by atoms with van der Waals surface area (Å²) in [5.74, 6) is 0.111. The van der Waals surface area contributed by atoms with Crippen LogP contribution in [0, 0.1) is 0 Å². The summed E-state index contributed by atoms with van der Waals surface area (Å²) in [5, 5.41) is 0. The number of anilines is 1. The van der Waals surface area contributed by atoms with Crippen molar-refractivity contribution in [2.45, 2.75) is 0 Å². The van der Waals surface area contributed by atoms with Gasteiger partial charge in [-0.1, -0.05) is 18.2 Å². The van der Waals surface area contributed by atoms with Gasteiger partial charge in [-0.25, -0.2) is 0 Å². The lowest BCUT2D eigenvalue weighted by molar-refractivity contribution is 0.0747. The number of carbonyl (C=O) groups is 1. The van der Waals surface area contributed by atoms with Crippen molar-refractivity contribution in [2.24, 2.45) is 0 Å². The van der Waals surface area contributed by atoms with Crippen LogP contribution in [-0.4, -0.2) is 47.0 Å². The van der Waals surface area contributed by atoms with Crippen LogP contribution in [0.25, 0.3) is 11.0 Å². The monoisotopic (exact) mass is 318 g/mol. The topological polar surface area (TPSA) is 49.3 Å². The molecule has 0 unspecified atom stereocenters. The lowest BCUT2D eigenvalue weighted by atomic mass is 10.1. The predicted octanol–water partition coefficient (Wildman–Crippen LogP) is 2.59. The minimum atomic E-state index is 0.111. The van der Waals surface area contributed by atoms with E-state index < -0.39 is 0 Å². The summed E-state index contributed by atoms with van der Waals surface area (Å²) in [4.78, 5) is 25.4. The molecule has 0 radical (unpaired) electrons. The first kappa shape index (κ1) is 14.6. The molecule has 5 nitrogen and oxygen atoms in total. The molecule has 0 saturated carbocycles. The molecule has 2 heterocycles. The van der Waals surface area contributed by atoms with Crippen molar-refractivity contribution in [3.05, 3.63) is 66.5 Å². The Balaban J connectivity index is 1.46. The first-order chi connectivity index (χ1) is 11.8. The normalized spacial score (nSPS) is 14.8. The quantitative estimate of drug-likeness (QED) is 0.729. The molecule has 1 aliphatic rings. The highest BCUT2D eigenvalue weighted by Crippen LogP contribution is 2.21. The van der Waals surface area contributed by atoms with Gasteiger partial charge in [-0.3, -0.25) is 14.8 Å². The number of amides is 1. The van der Waals surface area contributed by atoms with Crippen LogP contribution in [0.2, 0.25) is 0 Å². The minimum absolute atomic E-state index is 0.111. The average molecular weight is 318 g/mol. The molecule has 4 rings (SSSR count). The van der Waals surface area contributed by atoms with Gasteiger partial charge in [0.2, 0.25) is 0 Å². The first-order valence-electron chi connectivity index (χ1n) is 8.11. The Morgan fingerprint density at radius 2 is 1.54 bits per heavy atom. The van der Waals surface area contributed by atoms with Crippen molar-refractivity contribution in [3.63, 3.8) is 0 Å². The van der Waals surface area contributed by atoms with Gasteiger partial charge in [0, 0.05) is 49.8 Å². The summed E-state index contributed by atoms with van der Waals surface area (Å²) in [6.45, 7) is 3.10. The number of carbonyl (C=O) groups excluding carboxylic acids is 1. The summed E-state index contributed by atoms with van der Waals surface area (Å²) in [6.07, 6.45) is 3.42. The highest BCUT2D eigenvalue weighted by molar-refractivity contribution is 5.94. The third-order valence-electron chi connectivity index (χ3n) is 4.41. The molecular weight excluding hydrogens is 300 g/mol. The molecule has 0 aliphatic carbocycles. The maximum atomic E-state index is 12.5. The highest BCUT2D eigenvalue weighted by Gasteiger charge is 2.22. The van der Waals surface area contributed by atoms with Crippen LogP contribution in [0.3, 0.4) is 0 Å². The molecule has 1 aromatic heterocycles. The van der Waals surface area contributed by atoms with Crippen LogP contribution in [0.5, 0.6) is 0 Å². The van der Waals surface area contributed by atoms with Gasteiger partial charge in [-0.05, 0) is 30.3 Å². The van der Waals surface area contributed by atoms with E-state index in [1.165, 1.54) is 0 Å². The van der Waals surface area contributed by atoms with E-state index >= 15 is 0 Å². The number of aromatic nitrogens is 2. The number of nitrogens with zero attached hydrogens (tertiary/aromatic N) is 4. The summed E-state index contributed by atoms with van der Waals surface area (Å²) in [5.41, 5.74) is 3.69. The van der Waals surface area contributed by atoms with Crippen LogP contribution < -0.4 is 4.90 Å². The molecule has 0 bridgehead atoms. The SMILES string of the molecule is O=C(c1ccccc1)N1CCN(c2ccc3nccnc3c2)CC1. The fourth-order valence-electron chi connectivity index (χ4n) is 3.08. The van der Waals surface area contributed by atoms with E-state index in [1.54, 1.807) is 12.4 Å². The number of rotatable bonds is 2. The molecule has 120 valence electrons. The molecule has 5 heteroatoms. The van der Waals surface area contributed by atoms with Crippen molar-refractivity contribution in [1.82, 2.24) is 14.9 Å². The van der Waals surface area contributed by atoms with E-state index in [0.29, 0.717) is 0 Å². The van der Waals surface area contributed by atoms with Crippen molar-refractivity contribution < 1.29 is 4.79 Å². The summed E-state index contributed by atoms with van der Waals surface area (Å²) in [7, 11) is 0. The van der Waals surface area contributed by atoms with E-state index in [-0.39, 0.29) is 5.91 Å². The Morgan fingerprint density at radius 1 is 0.833 bits per heavy atom. The molecule has 24 heavy (non-hydrogen) atoms. The van der Waals surface area contributed by atoms with Crippen LogP contribution in [0.1, 0.15) is 10.4 Å². The standard InChI is InChI=1S/C19H18N4O/c24-19(15-4-2-1-3-5-15)23-12-10-22(11-13-23)16-6-7-17-18(14-16)21-9-8-20-17/h1-9,14H,10-13H2. The van der Waals surface area contributed by atoms with Gasteiger partial charge >= 0.3 is 0 Å². The smallest absolute Gasteiger partial charge is 0.253 e. The Hall–Kier alpha value is -2.95. The predicted molar refractivity (Wildman–Crippen MR) is 94.1 cm³/mol. The second-order valence-electron chi connectivity index (χ2n) is 5.87. The van der Waals surface area contributed by atoms with Gasteiger partial charge in [-0.15, -0.1) is 0 Å². The van der Waals surface area contributed by atoms with Gasteiger partial charge in [0.15, 0.2) is 0 Å². The maximum absolute atomic E-state index is 12.5. The van der Waals surface area contributed by atoms with E-state index in [4.69, 9.17) is 0 Å². The third kappa shape index (κ3) is 2.80. The first-order valence-corrected chi connectivity index (χ1v) is 8.11. The fourth-order valence-corrected chi connectivity index (χ4v) is 3.08. The summed E-state index contributed by atoms with van der Waals surface area (Å²) in [6, 6.07) is 15.6. The van der Waals surface area contributed by atoms with Crippen LogP contribution >= 0.6 is 0 Å². The van der Waals surface area contributed by atoms with Crippen molar-refractivity contribution in [3.8, 4) is 0 Å². The van der Waals surface area contributed by atoms with Gasteiger partial charge in [0.25, 0.3) is 5.91 Å². The number of benzene rings is 2. The zero-order valence-corrected chi connectivity index (χ0v) is 13.3. The number of hydrogen-bond donors (Lipinski definition) is 0. The Labute approximate surface area is 140 Å². The molecule has 0 spiro atoms. The summed E-state index contributed by atoms with van der Waals surface area (Å²) < 4.78 is 0. The van der Waals surface area contributed by atoms with Gasteiger partial charge in [-0.2, -0.15) is 0 Å². The molecule has 1 amide bonds. The van der Waals surface area contributed by atoms with Gasteiger partial charge in [0.05, 0.1) is 11.0 Å². The van der Waals surface area contributed by atoms with Crippen molar-refractivity contribution in [2.75, 3.05) is 31.1 Å². The number of fused-ring (bicyclic) bond motifs is 1. The number of hydrogen-bond acceptors (Lipinski definition) is 4. The van der Waals surface area contributed by atoms with Crippen LogP contribution in [-0.2, 0) is 0 Å². The fraction of sp³-hybridized carbons (Fsp3) is 0.211. The molecule has 0 atom stereocenters. The van der Waals surface area contributed by atoms with Crippen LogP contribution in [0.15, 0.2) is 60.9 Å². The van der Waals surface area contributed by atoms with Crippen molar-refractivity contribution in [1.29, 1.82) is 0 Å². The molecule has 2 aromatic carbocycles. The molecule has 1 aliphatic heterocycles. The Bertz CT molecular complexity index is 857. The van der Waals surface area contributed by atoms with E-state index in [9.17, 15) is 4.79 Å². The van der Waals surface area contributed by atoms with E-state index in [2.05, 4.69) is 27.0 Å². The van der Waals surface area contributed by atoms with E-state index in [0.717, 1.165) is 48.5 Å². The zero-order valence-electron chi connectivity index (χ0n) is 13.3. The molecular formula is C19H18N4O. The maximum Gasteiger partial charge on any atom is 0.253 e. The molecule has 1 fully saturated rings. The van der Waals surface area contributed by atoms with Gasteiger partial charge < -0.3 is 9.80 Å². The highest BCUT2D eigenvalue weighted by atomic mass is 16.2. The second-order valence-corrected chi connectivity index (χ2v) is 5.87. The van der Waals surface area contributed by atoms with Crippen molar-refractivity contribution >= 4 is 22.6 Å². The lowest BCUT2D eigenvalue weighted by Gasteiger charge is -2.36. The number of piperazine rings is 1. The third-order valence-corrected chi connectivity index (χ3v) is 4.41. The van der Waals surface area contributed by atoms with Crippen LogP contribution in [0.4, 0.5) is 5.69 Å². The average Bonchev–Trinajstić information content (AvgIpc) is 2.68. The lowest BCUT2D eigenvalue weighted by Crippen LogP contribution is -2.48. The summed E-state index contributed by atoms with van der Waals surface area (Å²) >= 11 is 0. The zero-order chi connectivity index (χ0) is 16.4. The molecule has 3 aromatic rings. The molecule has 0 N–H and O–H groups in total. The Kier molecular flexibility index (Phi) is 3.83. The van der Waals surface area contributed by atoms with Gasteiger partial charge in [0.1, 0.15) is 0 Å². The second kappa shape index (κ2) is 6.28. The Morgan fingerprint density at radius 3 is 2.29 bits per heavy atom. The molecule has 1 saturated heterocycles. The minimum Gasteiger partial charge on any atom is -0.368 e.